The van der Waals surface area contributed by atoms with Crippen LogP contribution < -0.4 is 0 Å². The molecular weight excluding hydrogens is 573 g/mol. The Morgan fingerprint density at radius 2 is 1.00 bits per heavy atom. The van der Waals surface area contributed by atoms with Crippen molar-refractivity contribution in [3.8, 4) is 0 Å². The molecule has 0 spiro atoms. The number of hydrogen-bond acceptors (Lipinski definition) is 8. The van der Waals surface area contributed by atoms with E-state index in [0.29, 0.717) is 34.7 Å². The number of ether oxygens (including phenoxy) is 2. The number of thiocarbonyl (C=S) groups is 2. The summed E-state index contributed by atoms with van der Waals surface area (Å²) in [6.07, 6.45) is 5.45. The van der Waals surface area contributed by atoms with Crippen LogP contribution in [0.1, 0.15) is 24.0 Å². The molecule has 1 aromatic rings. The SMILES string of the molecule is CN1C(=S)N(CCCN2CCOCC2)C(=O)C1=Cc1ccc(C=C2C(=O)N(CCCN3CCOCC3)C(=S)N2C)cc1. The fraction of sp³-hybridized carbons (Fsp3) is 0.533. The number of likely N-dealkylation sites (N-methyl/N-ethyl adjacent to an activating group) is 2. The van der Waals surface area contributed by atoms with Gasteiger partial charge in [0.05, 0.1) is 26.4 Å². The highest BCUT2D eigenvalue weighted by Gasteiger charge is 2.36. The molecule has 12 heteroatoms. The Balaban J connectivity index is 1.18. The van der Waals surface area contributed by atoms with Gasteiger partial charge in [0.2, 0.25) is 0 Å². The highest BCUT2D eigenvalue weighted by molar-refractivity contribution is 7.80. The summed E-state index contributed by atoms with van der Waals surface area (Å²) >= 11 is 11.2. The minimum absolute atomic E-state index is 0.0731. The highest BCUT2D eigenvalue weighted by atomic mass is 32.1. The van der Waals surface area contributed by atoms with Crippen molar-refractivity contribution in [3.05, 3.63) is 46.8 Å². The Kier molecular flexibility index (Phi) is 10.3. The highest BCUT2D eigenvalue weighted by Crippen LogP contribution is 2.25. The second-order valence-corrected chi connectivity index (χ2v) is 11.7. The third-order valence-electron chi connectivity index (χ3n) is 8.15. The summed E-state index contributed by atoms with van der Waals surface area (Å²) in [6, 6.07) is 7.79. The monoisotopic (exact) mass is 612 g/mol. The molecule has 0 bridgehead atoms. The Morgan fingerprint density at radius 1 is 0.643 bits per heavy atom. The molecule has 0 radical (unpaired) electrons. The lowest BCUT2D eigenvalue weighted by molar-refractivity contribution is -0.123. The molecule has 4 saturated heterocycles. The van der Waals surface area contributed by atoms with Crippen molar-refractivity contribution in [3.63, 3.8) is 0 Å². The lowest BCUT2D eigenvalue weighted by atomic mass is 10.1. The van der Waals surface area contributed by atoms with Crippen molar-refractivity contribution in [2.75, 3.05) is 92.9 Å². The van der Waals surface area contributed by atoms with E-state index in [0.717, 1.165) is 89.7 Å². The van der Waals surface area contributed by atoms with Crippen molar-refractivity contribution < 1.29 is 19.1 Å². The zero-order valence-corrected chi connectivity index (χ0v) is 26.1. The van der Waals surface area contributed by atoms with Crippen LogP contribution in [0.2, 0.25) is 0 Å². The summed E-state index contributed by atoms with van der Waals surface area (Å²) in [5, 5.41) is 1.06. The molecule has 0 aliphatic carbocycles. The number of morpholine rings is 2. The van der Waals surface area contributed by atoms with Gasteiger partial charge in [0.1, 0.15) is 11.4 Å². The predicted molar refractivity (Wildman–Crippen MR) is 170 cm³/mol. The standard InChI is InChI=1S/C30H40N6O4S2/c1-31-25(27(37)35(29(31)41)11-3-9-33-13-17-39-18-14-33)21-23-5-7-24(8-6-23)22-26-28(38)36(30(42)32(26)2)12-4-10-34-15-19-40-20-16-34/h5-8,21-22H,3-4,9-20H2,1-2H3. The molecule has 4 aliphatic heterocycles. The zero-order valence-electron chi connectivity index (χ0n) is 24.5. The zero-order chi connectivity index (χ0) is 29.6. The third kappa shape index (κ3) is 7.07. The Labute approximate surface area is 259 Å². The third-order valence-corrected chi connectivity index (χ3v) is 9.14. The molecule has 2 amide bonds. The topological polar surface area (TPSA) is 72.0 Å². The summed E-state index contributed by atoms with van der Waals surface area (Å²) in [7, 11) is 3.67. The second kappa shape index (κ2) is 14.2. The molecule has 0 N–H and O–H groups in total. The minimum Gasteiger partial charge on any atom is -0.379 e. The number of nitrogens with zero attached hydrogens (tertiary/aromatic N) is 6. The molecule has 4 aliphatic rings. The smallest absolute Gasteiger partial charge is 0.276 e. The van der Waals surface area contributed by atoms with E-state index in [4.69, 9.17) is 33.9 Å². The molecular formula is C30H40N6O4S2. The van der Waals surface area contributed by atoms with Gasteiger partial charge in [-0.3, -0.25) is 29.2 Å². The first kappa shape index (κ1) is 30.7. The maximum atomic E-state index is 13.2. The van der Waals surface area contributed by atoms with Crippen LogP contribution in [0, 0.1) is 0 Å². The van der Waals surface area contributed by atoms with Crippen molar-refractivity contribution in [2.24, 2.45) is 0 Å². The first-order valence-corrected chi connectivity index (χ1v) is 15.5. The van der Waals surface area contributed by atoms with E-state index in [9.17, 15) is 9.59 Å². The van der Waals surface area contributed by atoms with Crippen LogP contribution in [-0.4, -0.2) is 144 Å². The first-order chi connectivity index (χ1) is 20.3. The summed E-state index contributed by atoms with van der Waals surface area (Å²) in [5.74, 6) is -0.146. The van der Waals surface area contributed by atoms with Crippen LogP contribution in [0.25, 0.3) is 12.2 Å². The van der Waals surface area contributed by atoms with Gasteiger partial charge in [-0.05, 0) is 60.6 Å². The molecule has 0 saturated carbocycles. The van der Waals surface area contributed by atoms with Crippen molar-refractivity contribution in [1.29, 1.82) is 0 Å². The van der Waals surface area contributed by atoms with Crippen LogP contribution >= 0.6 is 24.4 Å². The summed E-state index contributed by atoms with van der Waals surface area (Å²) in [5.41, 5.74) is 2.89. The van der Waals surface area contributed by atoms with Gasteiger partial charge >= 0.3 is 0 Å². The average Bonchev–Trinajstić information content (AvgIpc) is 3.33. The van der Waals surface area contributed by atoms with Crippen LogP contribution in [0.5, 0.6) is 0 Å². The Morgan fingerprint density at radius 3 is 1.36 bits per heavy atom. The number of rotatable bonds is 10. The van der Waals surface area contributed by atoms with Gasteiger partial charge in [-0.15, -0.1) is 0 Å². The van der Waals surface area contributed by atoms with E-state index in [1.54, 1.807) is 19.6 Å². The van der Waals surface area contributed by atoms with Crippen LogP contribution in [0.4, 0.5) is 0 Å². The van der Waals surface area contributed by atoms with Gasteiger partial charge in [-0.2, -0.15) is 0 Å². The van der Waals surface area contributed by atoms with Gasteiger partial charge in [-0.25, -0.2) is 0 Å². The largest absolute Gasteiger partial charge is 0.379 e. The molecule has 0 unspecified atom stereocenters. The molecule has 226 valence electrons. The lowest BCUT2D eigenvalue weighted by Gasteiger charge is -2.27. The molecule has 1 aromatic carbocycles. The molecule has 0 atom stereocenters. The summed E-state index contributed by atoms with van der Waals surface area (Å²) < 4.78 is 10.8. The maximum absolute atomic E-state index is 13.2. The van der Waals surface area contributed by atoms with Gasteiger partial charge in [-0.1, -0.05) is 24.3 Å². The number of benzene rings is 1. The predicted octanol–water partition coefficient (Wildman–Crippen LogP) is 1.93. The molecule has 10 nitrogen and oxygen atoms in total. The Hall–Kier alpha value is -2.74. The number of carbonyl (C=O) groups excluding carboxylic acids is 2. The number of amides is 2. The van der Waals surface area contributed by atoms with Crippen LogP contribution in [0.3, 0.4) is 0 Å². The van der Waals surface area contributed by atoms with Gasteiger partial charge < -0.3 is 19.3 Å². The first-order valence-electron chi connectivity index (χ1n) is 14.7. The van der Waals surface area contributed by atoms with E-state index < -0.39 is 0 Å². The fourth-order valence-corrected chi connectivity index (χ4v) is 6.12. The average molecular weight is 613 g/mol. The van der Waals surface area contributed by atoms with Crippen molar-refractivity contribution in [2.45, 2.75) is 12.8 Å². The molecule has 42 heavy (non-hydrogen) atoms. The van der Waals surface area contributed by atoms with Crippen LogP contribution in [0.15, 0.2) is 35.7 Å². The molecule has 5 rings (SSSR count). The summed E-state index contributed by atoms with van der Waals surface area (Å²) in [4.78, 5) is 38.1. The number of carbonyl (C=O) groups is 2. The second-order valence-electron chi connectivity index (χ2n) is 10.9. The van der Waals surface area contributed by atoms with E-state index in [1.165, 1.54) is 0 Å². The van der Waals surface area contributed by atoms with Crippen molar-refractivity contribution in [1.82, 2.24) is 29.4 Å². The van der Waals surface area contributed by atoms with E-state index in [2.05, 4.69) is 9.80 Å². The maximum Gasteiger partial charge on any atom is 0.276 e. The molecule has 4 fully saturated rings. The van der Waals surface area contributed by atoms with Crippen LogP contribution in [-0.2, 0) is 19.1 Å². The van der Waals surface area contributed by atoms with Crippen molar-refractivity contribution >= 4 is 58.6 Å². The van der Waals surface area contributed by atoms with E-state index in [-0.39, 0.29) is 11.8 Å². The lowest BCUT2D eigenvalue weighted by Crippen LogP contribution is -2.39. The quantitative estimate of drug-likeness (QED) is 0.289. The van der Waals surface area contributed by atoms with E-state index >= 15 is 0 Å². The fourth-order valence-electron chi connectivity index (χ4n) is 5.58. The molecule has 0 aromatic heterocycles. The Bertz CT molecular complexity index is 1150. The number of hydrogen-bond donors (Lipinski definition) is 0. The normalized spacial score (nSPS) is 23.0. The minimum atomic E-state index is -0.0731. The van der Waals surface area contributed by atoms with Gasteiger partial charge in [0.15, 0.2) is 10.2 Å². The van der Waals surface area contributed by atoms with E-state index in [1.807, 2.05) is 50.5 Å². The summed E-state index contributed by atoms with van der Waals surface area (Å²) in [6.45, 7) is 9.82. The van der Waals surface area contributed by atoms with Gasteiger partial charge in [0.25, 0.3) is 11.8 Å². The molecule has 4 heterocycles. The van der Waals surface area contributed by atoms with Gasteiger partial charge in [0, 0.05) is 66.5 Å².